The lowest BCUT2D eigenvalue weighted by atomic mass is 10.0. The lowest BCUT2D eigenvalue weighted by Crippen LogP contribution is -2.32. The van der Waals surface area contributed by atoms with E-state index in [1.807, 2.05) is 24.3 Å². The maximum absolute atomic E-state index is 12.1. The molecule has 102 valence electrons. The maximum atomic E-state index is 12.1. The molecular weight excluding hydrogens is 242 g/mol. The number of carbonyl (C=O) groups excluding carboxylic acids is 2. The molecule has 19 heavy (non-hydrogen) atoms. The van der Waals surface area contributed by atoms with E-state index in [0.29, 0.717) is 24.4 Å². The molecule has 4 nitrogen and oxygen atoms in total. The molecule has 0 aliphatic heterocycles. The molecule has 1 aromatic carbocycles. The molecule has 1 aliphatic carbocycles. The fourth-order valence-electron chi connectivity index (χ4n) is 2.05. The van der Waals surface area contributed by atoms with E-state index < -0.39 is 11.4 Å². The van der Waals surface area contributed by atoms with Crippen LogP contribution >= 0.6 is 0 Å². The third kappa shape index (κ3) is 2.62. The van der Waals surface area contributed by atoms with E-state index in [1.54, 1.807) is 0 Å². The van der Waals surface area contributed by atoms with Crippen molar-refractivity contribution < 1.29 is 14.3 Å². The Morgan fingerprint density at radius 1 is 1.21 bits per heavy atom. The third-order valence-electron chi connectivity index (χ3n) is 3.60. The molecule has 2 rings (SSSR count). The summed E-state index contributed by atoms with van der Waals surface area (Å²) in [6.07, 6.45) is 1.13. The zero-order valence-electron chi connectivity index (χ0n) is 11.5. The van der Waals surface area contributed by atoms with Crippen LogP contribution in [-0.2, 0) is 14.3 Å². The van der Waals surface area contributed by atoms with Crippen LogP contribution in [0.25, 0.3) is 0 Å². The van der Waals surface area contributed by atoms with Crippen molar-refractivity contribution in [3.8, 4) is 0 Å². The van der Waals surface area contributed by atoms with Crippen molar-refractivity contribution in [2.75, 3.05) is 12.4 Å². The van der Waals surface area contributed by atoms with Gasteiger partial charge in [-0.3, -0.25) is 9.59 Å². The number of rotatable bonds is 4. The van der Waals surface area contributed by atoms with Crippen LogP contribution in [0.3, 0.4) is 0 Å². The van der Waals surface area contributed by atoms with Gasteiger partial charge in [-0.05, 0) is 36.5 Å². The van der Waals surface area contributed by atoms with Crippen LogP contribution in [-0.4, -0.2) is 19.0 Å². The van der Waals surface area contributed by atoms with E-state index >= 15 is 0 Å². The maximum Gasteiger partial charge on any atom is 0.321 e. The lowest BCUT2D eigenvalue weighted by molar-refractivity contribution is -0.150. The van der Waals surface area contributed by atoms with Crippen molar-refractivity contribution in [3.05, 3.63) is 29.8 Å². The van der Waals surface area contributed by atoms with E-state index in [1.165, 1.54) is 12.7 Å². The average molecular weight is 261 g/mol. The smallest absolute Gasteiger partial charge is 0.321 e. The van der Waals surface area contributed by atoms with Gasteiger partial charge in [0.1, 0.15) is 5.41 Å². The van der Waals surface area contributed by atoms with Gasteiger partial charge >= 0.3 is 5.97 Å². The second-order valence-corrected chi connectivity index (χ2v) is 5.30. The van der Waals surface area contributed by atoms with Gasteiger partial charge in [0, 0.05) is 5.69 Å². The Morgan fingerprint density at radius 3 is 2.21 bits per heavy atom. The molecule has 1 amide bonds. The van der Waals surface area contributed by atoms with E-state index in [4.69, 9.17) is 0 Å². The predicted molar refractivity (Wildman–Crippen MR) is 72.8 cm³/mol. The Balaban J connectivity index is 2.05. The molecule has 0 saturated heterocycles. The van der Waals surface area contributed by atoms with Crippen molar-refractivity contribution in [2.45, 2.75) is 32.6 Å². The fourth-order valence-corrected chi connectivity index (χ4v) is 2.05. The van der Waals surface area contributed by atoms with Gasteiger partial charge in [0.15, 0.2) is 0 Å². The van der Waals surface area contributed by atoms with E-state index in [9.17, 15) is 9.59 Å². The number of hydrogen-bond donors (Lipinski definition) is 1. The van der Waals surface area contributed by atoms with E-state index in [0.717, 1.165) is 0 Å². The molecule has 0 aromatic heterocycles. The zero-order valence-corrected chi connectivity index (χ0v) is 11.5. The number of carbonyl (C=O) groups is 2. The SMILES string of the molecule is COC(=O)C1(C(=O)Nc2ccc(C(C)C)cc2)CC1. The third-order valence-corrected chi connectivity index (χ3v) is 3.60. The summed E-state index contributed by atoms with van der Waals surface area (Å²) < 4.78 is 4.69. The molecule has 0 bridgehead atoms. The van der Waals surface area contributed by atoms with Gasteiger partial charge in [0.2, 0.25) is 5.91 Å². The van der Waals surface area contributed by atoms with Crippen LogP contribution in [0.1, 0.15) is 38.2 Å². The highest BCUT2D eigenvalue weighted by molar-refractivity contribution is 6.11. The summed E-state index contributed by atoms with van der Waals surface area (Å²) in [5.41, 5.74) is 0.975. The van der Waals surface area contributed by atoms with Gasteiger partial charge < -0.3 is 10.1 Å². The molecule has 0 spiro atoms. The van der Waals surface area contributed by atoms with Crippen molar-refractivity contribution in [1.29, 1.82) is 0 Å². The number of nitrogens with one attached hydrogen (secondary N) is 1. The first-order valence-corrected chi connectivity index (χ1v) is 6.49. The monoisotopic (exact) mass is 261 g/mol. The largest absolute Gasteiger partial charge is 0.468 e. The lowest BCUT2D eigenvalue weighted by Gasteiger charge is -2.13. The summed E-state index contributed by atoms with van der Waals surface area (Å²) in [5.74, 6) is -0.255. The van der Waals surface area contributed by atoms with Gasteiger partial charge in [0.25, 0.3) is 0 Å². The Hall–Kier alpha value is -1.84. The van der Waals surface area contributed by atoms with Crippen LogP contribution in [0.4, 0.5) is 5.69 Å². The minimum absolute atomic E-state index is 0.267. The molecule has 1 aromatic rings. The summed E-state index contributed by atoms with van der Waals surface area (Å²) in [6.45, 7) is 4.23. The minimum atomic E-state index is -0.953. The standard InChI is InChI=1S/C15H19NO3/c1-10(2)11-4-6-12(7-5-11)16-13(17)15(8-9-15)14(18)19-3/h4-7,10H,8-9H2,1-3H3,(H,16,17). The van der Waals surface area contributed by atoms with Crippen molar-refractivity contribution in [2.24, 2.45) is 5.41 Å². The van der Waals surface area contributed by atoms with Crippen molar-refractivity contribution >= 4 is 17.6 Å². The summed E-state index contributed by atoms with van der Waals surface area (Å²) in [5, 5.41) is 2.79. The quantitative estimate of drug-likeness (QED) is 0.669. The topological polar surface area (TPSA) is 55.4 Å². The second kappa shape index (κ2) is 5.03. The van der Waals surface area contributed by atoms with Gasteiger partial charge in [-0.2, -0.15) is 0 Å². The highest BCUT2D eigenvalue weighted by atomic mass is 16.5. The molecule has 1 aliphatic rings. The number of benzene rings is 1. The zero-order chi connectivity index (χ0) is 14.0. The number of methoxy groups -OCH3 is 1. The molecule has 0 unspecified atom stereocenters. The van der Waals surface area contributed by atoms with Gasteiger partial charge in [0.05, 0.1) is 7.11 Å². The Morgan fingerprint density at radius 2 is 1.79 bits per heavy atom. The van der Waals surface area contributed by atoms with Crippen LogP contribution in [0, 0.1) is 5.41 Å². The molecule has 0 atom stereocenters. The normalized spacial score (nSPS) is 16.0. The van der Waals surface area contributed by atoms with E-state index in [-0.39, 0.29) is 5.91 Å². The number of amides is 1. The first-order valence-electron chi connectivity index (χ1n) is 6.49. The first kappa shape index (κ1) is 13.6. The molecule has 0 radical (unpaired) electrons. The van der Waals surface area contributed by atoms with E-state index in [2.05, 4.69) is 23.9 Å². The fraction of sp³-hybridized carbons (Fsp3) is 0.467. The second-order valence-electron chi connectivity index (χ2n) is 5.30. The van der Waals surface area contributed by atoms with Crippen LogP contribution < -0.4 is 5.32 Å². The first-order chi connectivity index (χ1) is 8.99. The van der Waals surface area contributed by atoms with Crippen molar-refractivity contribution in [1.82, 2.24) is 0 Å². The van der Waals surface area contributed by atoms with Gasteiger partial charge in [-0.15, -0.1) is 0 Å². The summed E-state index contributed by atoms with van der Waals surface area (Å²) in [7, 11) is 1.31. The van der Waals surface area contributed by atoms with Gasteiger partial charge in [-0.1, -0.05) is 26.0 Å². The molecule has 4 heteroatoms. The molecular formula is C15H19NO3. The Bertz CT molecular complexity index is 487. The Labute approximate surface area is 113 Å². The predicted octanol–water partition coefficient (Wildman–Crippen LogP) is 2.70. The number of hydrogen-bond acceptors (Lipinski definition) is 3. The molecule has 0 heterocycles. The highest BCUT2D eigenvalue weighted by Crippen LogP contribution is 2.47. The van der Waals surface area contributed by atoms with Crippen LogP contribution in [0.2, 0.25) is 0 Å². The molecule has 1 N–H and O–H groups in total. The highest BCUT2D eigenvalue weighted by Gasteiger charge is 2.57. The summed E-state index contributed by atoms with van der Waals surface area (Å²) >= 11 is 0. The molecule has 1 fully saturated rings. The molecule has 1 saturated carbocycles. The minimum Gasteiger partial charge on any atom is -0.468 e. The van der Waals surface area contributed by atoms with Crippen molar-refractivity contribution in [3.63, 3.8) is 0 Å². The Kier molecular flexibility index (Phi) is 3.60. The number of esters is 1. The summed E-state index contributed by atoms with van der Waals surface area (Å²) in [4.78, 5) is 23.7. The van der Waals surface area contributed by atoms with Crippen LogP contribution in [0.15, 0.2) is 24.3 Å². The van der Waals surface area contributed by atoms with Crippen LogP contribution in [0.5, 0.6) is 0 Å². The van der Waals surface area contributed by atoms with Gasteiger partial charge in [-0.25, -0.2) is 0 Å². The average Bonchev–Trinajstić information content (AvgIpc) is 3.20. The summed E-state index contributed by atoms with van der Waals surface area (Å²) in [6, 6.07) is 7.69. The number of anilines is 1. The number of ether oxygens (including phenoxy) is 1.